The standard InChI is InChI=1S/C21H28N2O4S/c1-15(2)13-17-9-11-18(12-10-17)16(3)22-21(24)19-7-6-8-20(14-19)28(25,26)23(4)27-5/h6-12,14-16H,13H2,1-5H3,(H,22,24)/t16-/m1/s1. The number of nitrogens with zero attached hydrogens (tertiary/aromatic N) is 1. The predicted octanol–water partition coefficient (Wildman–Crippen LogP) is 3.56. The minimum Gasteiger partial charge on any atom is -0.346 e. The molecule has 0 fully saturated rings. The molecule has 1 N–H and O–H groups in total. The first kappa shape index (κ1) is 22.1. The van der Waals surface area contributed by atoms with Crippen molar-refractivity contribution in [2.24, 2.45) is 5.92 Å². The van der Waals surface area contributed by atoms with Gasteiger partial charge >= 0.3 is 0 Å². The molecule has 0 aliphatic rings. The highest BCUT2D eigenvalue weighted by Gasteiger charge is 2.22. The first-order chi connectivity index (χ1) is 13.1. The molecule has 28 heavy (non-hydrogen) atoms. The molecular weight excluding hydrogens is 376 g/mol. The molecule has 6 nitrogen and oxygen atoms in total. The Balaban J connectivity index is 2.13. The lowest BCUT2D eigenvalue weighted by atomic mass is 10.00. The number of hydrogen-bond donors (Lipinski definition) is 1. The summed E-state index contributed by atoms with van der Waals surface area (Å²) in [4.78, 5) is 17.4. The number of nitrogens with one attached hydrogen (secondary N) is 1. The van der Waals surface area contributed by atoms with E-state index in [2.05, 4.69) is 31.3 Å². The summed E-state index contributed by atoms with van der Waals surface area (Å²) in [6.07, 6.45) is 1.01. The highest BCUT2D eigenvalue weighted by atomic mass is 32.2. The molecule has 0 radical (unpaired) electrons. The van der Waals surface area contributed by atoms with Crippen LogP contribution in [-0.2, 0) is 21.3 Å². The topological polar surface area (TPSA) is 75.7 Å². The zero-order chi connectivity index (χ0) is 20.9. The number of hydroxylamine groups is 1. The number of rotatable bonds is 8. The van der Waals surface area contributed by atoms with E-state index in [9.17, 15) is 13.2 Å². The fourth-order valence-corrected chi connectivity index (χ4v) is 3.84. The van der Waals surface area contributed by atoms with Crippen LogP contribution < -0.4 is 5.32 Å². The second kappa shape index (κ2) is 9.32. The summed E-state index contributed by atoms with van der Waals surface area (Å²) >= 11 is 0. The Bertz CT molecular complexity index is 908. The molecule has 0 aliphatic carbocycles. The molecule has 2 aromatic rings. The first-order valence-corrected chi connectivity index (χ1v) is 10.6. The van der Waals surface area contributed by atoms with Crippen molar-refractivity contribution in [3.8, 4) is 0 Å². The molecule has 1 atom stereocenters. The second-order valence-corrected chi connectivity index (χ2v) is 9.10. The Morgan fingerprint density at radius 1 is 1.11 bits per heavy atom. The van der Waals surface area contributed by atoms with Crippen LogP contribution in [0.4, 0.5) is 0 Å². The summed E-state index contributed by atoms with van der Waals surface area (Å²) in [5.41, 5.74) is 2.52. The van der Waals surface area contributed by atoms with Gasteiger partial charge in [-0.1, -0.05) is 48.6 Å². The van der Waals surface area contributed by atoms with Gasteiger partial charge in [0.05, 0.1) is 18.0 Å². The normalized spacial score (nSPS) is 13.0. The molecule has 0 heterocycles. The second-order valence-electron chi connectivity index (χ2n) is 7.16. The zero-order valence-electron chi connectivity index (χ0n) is 17.0. The third kappa shape index (κ3) is 5.41. The number of sulfonamides is 1. The fraction of sp³-hybridized carbons (Fsp3) is 0.381. The van der Waals surface area contributed by atoms with Gasteiger partial charge in [-0.05, 0) is 48.6 Å². The van der Waals surface area contributed by atoms with E-state index in [0.717, 1.165) is 16.5 Å². The van der Waals surface area contributed by atoms with E-state index >= 15 is 0 Å². The molecule has 2 rings (SSSR count). The van der Waals surface area contributed by atoms with Gasteiger partial charge in [0, 0.05) is 12.6 Å². The number of amides is 1. The van der Waals surface area contributed by atoms with Crippen LogP contribution in [0.3, 0.4) is 0 Å². The molecule has 0 aliphatic heterocycles. The molecule has 0 bridgehead atoms. The van der Waals surface area contributed by atoms with E-state index in [1.54, 1.807) is 6.07 Å². The quantitative estimate of drug-likeness (QED) is 0.683. The lowest BCUT2D eigenvalue weighted by molar-refractivity contribution is -0.0258. The van der Waals surface area contributed by atoms with Crippen molar-refractivity contribution in [3.63, 3.8) is 0 Å². The summed E-state index contributed by atoms with van der Waals surface area (Å²) < 4.78 is 25.5. The minimum atomic E-state index is -3.81. The maximum atomic E-state index is 12.6. The number of benzene rings is 2. The monoisotopic (exact) mass is 404 g/mol. The maximum Gasteiger partial charge on any atom is 0.264 e. The van der Waals surface area contributed by atoms with E-state index in [0.29, 0.717) is 5.92 Å². The van der Waals surface area contributed by atoms with Crippen molar-refractivity contribution in [2.75, 3.05) is 14.2 Å². The third-order valence-corrected chi connectivity index (χ3v) is 6.14. The molecule has 0 saturated carbocycles. The summed E-state index contributed by atoms with van der Waals surface area (Å²) in [5.74, 6) is 0.250. The smallest absolute Gasteiger partial charge is 0.264 e. The van der Waals surface area contributed by atoms with Gasteiger partial charge in [-0.3, -0.25) is 9.63 Å². The Morgan fingerprint density at radius 3 is 2.32 bits per heavy atom. The van der Waals surface area contributed by atoms with Gasteiger partial charge in [0.2, 0.25) is 0 Å². The first-order valence-electron chi connectivity index (χ1n) is 9.18. The number of carbonyl (C=O) groups is 1. The van der Waals surface area contributed by atoms with Gasteiger partial charge in [-0.2, -0.15) is 0 Å². The number of hydrogen-bond acceptors (Lipinski definition) is 4. The summed E-state index contributed by atoms with van der Waals surface area (Å²) in [7, 11) is -1.24. The molecule has 0 aromatic heterocycles. The van der Waals surface area contributed by atoms with Gasteiger partial charge < -0.3 is 5.32 Å². The predicted molar refractivity (Wildman–Crippen MR) is 109 cm³/mol. The Hall–Kier alpha value is -2.22. The van der Waals surface area contributed by atoms with Gasteiger partial charge in [0.15, 0.2) is 0 Å². The fourth-order valence-electron chi connectivity index (χ4n) is 2.82. The van der Waals surface area contributed by atoms with Crippen molar-refractivity contribution >= 4 is 15.9 Å². The van der Waals surface area contributed by atoms with E-state index in [1.807, 2.05) is 19.1 Å². The van der Waals surface area contributed by atoms with Crippen LogP contribution in [-0.4, -0.2) is 33.0 Å². The van der Waals surface area contributed by atoms with Crippen molar-refractivity contribution in [1.82, 2.24) is 9.79 Å². The van der Waals surface area contributed by atoms with E-state index in [4.69, 9.17) is 4.84 Å². The SMILES string of the molecule is CON(C)S(=O)(=O)c1cccc(C(=O)N[C@H](C)c2ccc(CC(C)C)cc2)c1. The summed E-state index contributed by atoms with van der Waals surface area (Å²) in [6.45, 7) is 6.25. The van der Waals surface area contributed by atoms with Crippen LogP contribution in [0.25, 0.3) is 0 Å². The molecule has 0 saturated heterocycles. The average molecular weight is 405 g/mol. The van der Waals surface area contributed by atoms with Crippen LogP contribution in [0.2, 0.25) is 0 Å². The Labute approximate surface area is 167 Å². The Morgan fingerprint density at radius 2 is 1.75 bits per heavy atom. The molecule has 1 amide bonds. The Kier molecular flexibility index (Phi) is 7.35. The van der Waals surface area contributed by atoms with E-state index in [-0.39, 0.29) is 22.4 Å². The molecule has 152 valence electrons. The van der Waals surface area contributed by atoms with E-state index in [1.165, 1.54) is 37.9 Å². The zero-order valence-corrected chi connectivity index (χ0v) is 17.8. The lowest BCUT2D eigenvalue weighted by Gasteiger charge is -2.17. The highest BCUT2D eigenvalue weighted by molar-refractivity contribution is 7.89. The van der Waals surface area contributed by atoms with Crippen LogP contribution in [0.15, 0.2) is 53.4 Å². The molecule has 7 heteroatoms. The van der Waals surface area contributed by atoms with Crippen LogP contribution in [0.1, 0.15) is 48.3 Å². The summed E-state index contributed by atoms with van der Waals surface area (Å²) in [5, 5.41) is 2.92. The van der Waals surface area contributed by atoms with Crippen molar-refractivity contribution in [2.45, 2.75) is 38.1 Å². The van der Waals surface area contributed by atoms with Gasteiger partial charge in [-0.25, -0.2) is 8.42 Å². The minimum absolute atomic E-state index is 0.00445. The van der Waals surface area contributed by atoms with Gasteiger partial charge in [-0.15, -0.1) is 0 Å². The molecule has 0 unspecified atom stereocenters. The highest BCUT2D eigenvalue weighted by Crippen LogP contribution is 2.19. The number of carbonyl (C=O) groups excluding carboxylic acids is 1. The average Bonchev–Trinajstić information content (AvgIpc) is 2.67. The van der Waals surface area contributed by atoms with E-state index < -0.39 is 10.0 Å². The molecule has 2 aromatic carbocycles. The lowest BCUT2D eigenvalue weighted by Crippen LogP contribution is -2.28. The van der Waals surface area contributed by atoms with Crippen molar-refractivity contribution in [1.29, 1.82) is 0 Å². The van der Waals surface area contributed by atoms with Gasteiger partial charge in [0.1, 0.15) is 0 Å². The molecular formula is C21H28N2O4S. The summed E-state index contributed by atoms with van der Waals surface area (Å²) in [6, 6.07) is 13.9. The van der Waals surface area contributed by atoms with Crippen molar-refractivity contribution in [3.05, 3.63) is 65.2 Å². The van der Waals surface area contributed by atoms with Crippen LogP contribution in [0.5, 0.6) is 0 Å². The van der Waals surface area contributed by atoms with Crippen LogP contribution in [0, 0.1) is 5.92 Å². The van der Waals surface area contributed by atoms with Crippen LogP contribution >= 0.6 is 0 Å². The molecule has 0 spiro atoms. The maximum absolute atomic E-state index is 12.6. The van der Waals surface area contributed by atoms with Crippen molar-refractivity contribution < 1.29 is 18.0 Å². The van der Waals surface area contributed by atoms with Gasteiger partial charge in [0.25, 0.3) is 15.9 Å². The largest absolute Gasteiger partial charge is 0.346 e. The third-order valence-electron chi connectivity index (χ3n) is 4.46.